The largest absolute Gasteiger partial charge is 0.491 e. The van der Waals surface area contributed by atoms with Crippen LogP contribution in [0.2, 0.25) is 0 Å². The third-order valence-electron chi connectivity index (χ3n) is 2.80. The minimum Gasteiger partial charge on any atom is -0.491 e. The highest BCUT2D eigenvalue weighted by Crippen LogP contribution is 2.19. The standard InChI is InChI=1S/C13H20O2/c1-10(2)13(4,14)9-15-12-7-5-11(3)6-8-12/h5-8,10,14H,9H2,1-4H3. The van der Waals surface area contributed by atoms with Crippen LogP contribution in [0.4, 0.5) is 0 Å². The van der Waals surface area contributed by atoms with E-state index in [9.17, 15) is 5.11 Å². The van der Waals surface area contributed by atoms with Crippen molar-refractivity contribution in [1.82, 2.24) is 0 Å². The maximum atomic E-state index is 9.98. The lowest BCUT2D eigenvalue weighted by Gasteiger charge is -2.27. The van der Waals surface area contributed by atoms with Crippen LogP contribution in [0.3, 0.4) is 0 Å². The van der Waals surface area contributed by atoms with Crippen molar-refractivity contribution in [2.24, 2.45) is 5.92 Å². The van der Waals surface area contributed by atoms with E-state index >= 15 is 0 Å². The van der Waals surface area contributed by atoms with E-state index in [-0.39, 0.29) is 5.92 Å². The van der Waals surface area contributed by atoms with E-state index in [2.05, 4.69) is 0 Å². The molecule has 1 aromatic carbocycles. The van der Waals surface area contributed by atoms with Crippen LogP contribution in [0, 0.1) is 12.8 Å². The topological polar surface area (TPSA) is 29.5 Å². The van der Waals surface area contributed by atoms with Gasteiger partial charge in [0.05, 0.1) is 5.60 Å². The summed E-state index contributed by atoms with van der Waals surface area (Å²) in [5.74, 6) is 0.990. The number of hydrogen-bond donors (Lipinski definition) is 1. The van der Waals surface area contributed by atoms with Gasteiger partial charge in [-0.3, -0.25) is 0 Å². The Kier molecular flexibility index (Phi) is 3.75. The Hall–Kier alpha value is -1.02. The normalized spacial score (nSPS) is 15.1. The van der Waals surface area contributed by atoms with Gasteiger partial charge in [-0.05, 0) is 31.9 Å². The summed E-state index contributed by atoms with van der Waals surface area (Å²) in [6.07, 6.45) is 0. The fraction of sp³-hybridized carbons (Fsp3) is 0.538. The van der Waals surface area contributed by atoms with Crippen LogP contribution in [-0.4, -0.2) is 17.3 Å². The number of rotatable bonds is 4. The molecule has 2 nitrogen and oxygen atoms in total. The molecule has 0 amide bonds. The number of ether oxygens (including phenoxy) is 1. The molecular weight excluding hydrogens is 188 g/mol. The summed E-state index contributed by atoms with van der Waals surface area (Å²) in [5.41, 5.74) is 0.434. The first-order chi connectivity index (χ1) is 6.92. The number of benzene rings is 1. The van der Waals surface area contributed by atoms with Gasteiger partial charge in [0.15, 0.2) is 0 Å². The molecule has 1 unspecified atom stereocenters. The molecule has 1 aromatic rings. The lowest BCUT2D eigenvalue weighted by molar-refractivity contribution is -0.0266. The summed E-state index contributed by atoms with van der Waals surface area (Å²) in [5, 5.41) is 9.98. The minimum absolute atomic E-state index is 0.183. The molecule has 0 radical (unpaired) electrons. The fourth-order valence-electron chi connectivity index (χ4n) is 1.03. The van der Waals surface area contributed by atoms with Crippen LogP contribution in [-0.2, 0) is 0 Å². The molecule has 0 spiro atoms. The first-order valence-electron chi connectivity index (χ1n) is 5.33. The van der Waals surface area contributed by atoms with Crippen molar-refractivity contribution in [2.75, 3.05) is 6.61 Å². The summed E-state index contributed by atoms with van der Waals surface area (Å²) in [4.78, 5) is 0. The van der Waals surface area contributed by atoms with E-state index in [1.165, 1.54) is 5.56 Å². The molecule has 0 aliphatic carbocycles. The van der Waals surface area contributed by atoms with Gasteiger partial charge in [0, 0.05) is 0 Å². The van der Waals surface area contributed by atoms with Crippen molar-refractivity contribution in [2.45, 2.75) is 33.3 Å². The van der Waals surface area contributed by atoms with Gasteiger partial charge >= 0.3 is 0 Å². The van der Waals surface area contributed by atoms with Crippen molar-refractivity contribution in [3.63, 3.8) is 0 Å². The van der Waals surface area contributed by atoms with Gasteiger partial charge in [0.25, 0.3) is 0 Å². The summed E-state index contributed by atoms with van der Waals surface area (Å²) in [6.45, 7) is 8.13. The first-order valence-corrected chi connectivity index (χ1v) is 5.33. The highest BCUT2D eigenvalue weighted by molar-refractivity contribution is 5.26. The van der Waals surface area contributed by atoms with Gasteiger partial charge < -0.3 is 9.84 Å². The highest BCUT2D eigenvalue weighted by atomic mass is 16.5. The minimum atomic E-state index is -0.773. The van der Waals surface area contributed by atoms with E-state index in [4.69, 9.17) is 4.74 Å². The molecule has 0 fully saturated rings. The van der Waals surface area contributed by atoms with E-state index in [0.29, 0.717) is 6.61 Å². The Bertz CT molecular complexity index is 299. The third-order valence-corrected chi connectivity index (χ3v) is 2.80. The maximum Gasteiger partial charge on any atom is 0.119 e. The molecule has 0 saturated carbocycles. The van der Waals surface area contributed by atoms with E-state index in [1.807, 2.05) is 45.0 Å². The van der Waals surface area contributed by atoms with E-state index in [1.54, 1.807) is 6.92 Å². The summed E-state index contributed by atoms with van der Waals surface area (Å²) >= 11 is 0. The second kappa shape index (κ2) is 4.67. The molecule has 0 aliphatic heterocycles. The van der Waals surface area contributed by atoms with Crippen LogP contribution in [0.15, 0.2) is 24.3 Å². The molecular formula is C13H20O2. The van der Waals surface area contributed by atoms with Crippen LogP contribution in [0.5, 0.6) is 5.75 Å². The quantitative estimate of drug-likeness (QED) is 0.824. The SMILES string of the molecule is Cc1ccc(OCC(C)(O)C(C)C)cc1. The zero-order valence-corrected chi connectivity index (χ0v) is 9.95. The highest BCUT2D eigenvalue weighted by Gasteiger charge is 2.25. The lowest BCUT2D eigenvalue weighted by atomic mass is 9.94. The van der Waals surface area contributed by atoms with Crippen molar-refractivity contribution >= 4 is 0 Å². The average Bonchev–Trinajstić information content (AvgIpc) is 2.17. The summed E-state index contributed by atoms with van der Waals surface area (Å²) < 4.78 is 5.54. The number of aliphatic hydroxyl groups is 1. The molecule has 0 bridgehead atoms. The van der Waals surface area contributed by atoms with Crippen LogP contribution in [0.25, 0.3) is 0 Å². The lowest BCUT2D eigenvalue weighted by Crippen LogP contribution is -2.37. The smallest absolute Gasteiger partial charge is 0.119 e. The number of aryl methyl sites for hydroxylation is 1. The molecule has 0 aromatic heterocycles. The summed E-state index contributed by atoms with van der Waals surface area (Å²) in [7, 11) is 0. The zero-order valence-electron chi connectivity index (χ0n) is 9.95. The van der Waals surface area contributed by atoms with Crippen molar-refractivity contribution in [3.05, 3.63) is 29.8 Å². The van der Waals surface area contributed by atoms with E-state index in [0.717, 1.165) is 5.75 Å². The molecule has 1 atom stereocenters. The van der Waals surface area contributed by atoms with Gasteiger partial charge in [-0.15, -0.1) is 0 Å². The Balaban J connectivity index is 2.54. The average molecular weight is 208 g/mol. The second-order valence-corrected chi connectivity index (χ2v) is 4.61. The van der Waals surface area contributed by atoms with Crippen LogP contribution >= 0.6 is 0 Å². The van der Waals surface area contributed by atoms with E-state index < -0.39 is 5.60 Å². The molecule has 84 valence electrons. The fourth-order valence-corrected chi connectivity index (χ4v) is 1.03. The molecule has 15 heavy (non-hydrogen) atoms. The predicted octanol–water partition coefficient (Wildman–Crippen LogP) is 2.78. The van der Waals surface area contributed by atoms with Crippen molar-refractivity contribution < 1.29 is 9.84 Å². The Morgan fingerprint density at radius 3 is 2.27 bits per heavy atom. The maximum absolute atomic E-state index is 9.98. The zero-order chi connectivity index (χ0) is 11.5. The Morgan fingerprint density at radius 1 is 1.27 bits per heavy atom. The first kappa shape index (κ1) is 12.1. The Labute approximate surface area is 91.9 Å². The van der Waals surface area contributed by atoms with Gasteiger partial charge in [-0.1, -0.05) is 31.5 Å². The van der Waals surface area contributed by atoms with Crippen LogP contribution < -0.4 is 4.74 Å². The molecule has 1 rings (SSSR count). The van der Waals surface area contributed by atoms with Crippen molar-refractivity contribution in [3.8, 4) is 5.75 Å². The molecule has 1 N–H and O–H groups in total. The monoisotopic (exact) mass is 208 g/mol. The van der Waals surface area contributed by atoms with Crippen LogP contribution in [0.1, 0.15) is 26.3 Å². The second-order valence-electron chi connectivity index (χ2n) is 4.61. The molecule has 0 aliphatic rings. The molecule has 0 heterocycles. The van der Waals surface area contributed by atoms with Crippen molar-refractivity contribution in [1.29, 1.82) is 0 Å². The Morgan fingerprint density at radius 2 is 1.80 bits per heavy atom. The van der Waals surface area contributed by atoms with Gasteiger partial charge in [-0.25, -0.2) is 0 Å². The van der Waals surface area contributed by atoms with Gasteiger partial charge in [0.2, 0.25) is 0 Å². The number of hydrogen-bond acceptors (Lipinski definition) is 2. The van der Waals surface area contributed by atoms with Gasteiger partial charge in [0.1, 0.15) is 12.4 Å². The summed E-state index contributed by atoms with van der Waals surface area (Å²) in [6, 6.07) is 7.84. The third kappa shape index (κ3) is 3.56. The predicted molar refractivity (Wildman–Crippen MR) is 62.1 cm³/mol. The molecule has 2 heteroatoms. The molecule has 0 saturated heterocycles. The van der Waals surface area contributed by atoms with Gasteiger partial charge in [-0.2, -0.15) is 0 Å².